The summed E-state index contributed by atoms with van der Waals surface area (Å²) in [4.78, 5) is 17.0. The van der Waals surface area contributed by atoms with Crippen LogP contribution in [0, 0.1) is 0 Å². The molecule has 0 saturated carbocycles. The number of ether oxygens (including phenoxy) is 2. The summed E-state index contributed by atoms with van der Waals surface area (Å²) in [7, 11) is 0. The Labute approximate surface area is 164 Å². The van der Waals surface area contributed by atoms with Gasteiger partial charge in [0.25, 0.3) is 5.91 Å². The largest absolute Gasteiger partial charge is 0.482 e. The van der Waals surface area contributed by atoms with E-state index in [9.17, 15) is 4.79 Å². The van der Waals surface area contributed by atoms with Gasteiger partial charge in [0.1, 0.15) is 11.9 Å². The van der Waals surface area contributed by atoms with Gasteiger partial charge in [-0.15, -0.1) is 0 Å². The summed E-state index contributed by atoms with van der Waals surface area (Å²) in [6.45, 7) is 3.09. The highest BCUT2D eigenvalue weighted by molar-refractivity contribution is 5.82. The Bertz CT molecular complexity index is 939. The molecule has 2 atom stereocenters. The van der Waals surface area contributed by atoms with Crippen molar-refractivity contribution in [3.63, 3.8) is 0 Å². The molecule has 0 radical (unpaired) electrons. The number of hydrogen-bond donors (Lipinski definition) is 1. The average Bonchev–Trinajstić information content (AvgIpc) is 3.15. The van der Waals surface area contributed by atoms with E-state index in [1.54, 1.807) is 6.20 Å². The SMILES string of the molecule is CC1Oc2ccccc2OC1C(=O)NCCc1nccn1Cc1ccccc1. The summed E-state index contributed by atoms with van der Waals surface area (Å²) < 4.78 is 13.7. The Kier molecular flexibility index (Phi) is 5.28. The molecule has 4 rings (SSSR count). The maximum atomic E-state index is 12.6. The Balaban J connectivity index is 1.32. The number of amides is 1. The van der Waals surface area contributed by atoms with Gasteiger partial charge < -0.3 is 19.4 Å². The predicted molar refractivity (Wildman–Crippen MR) is 105 cm³/mol. The lowest BCUT2D eigenvalue weighted by Gasteiger charge is -2.31. The van der Waals surface area contributed by atoms with E-state index in [4.69, 9.17) is 9.47 Å². The van der Waals surface area contributed by atoms with Gasteiger partial charge in [0.2, 0.25) is 6.10 Å². The molecule has 6 heteroatoms. The second-order valence-electron chi connectivity index (χ2n) is 6.81. The quantitative estimate of drug-likeness (QED) is 0.717. The summed E-state index contributed by atoms with van der Waals surface area (Å²) in [5.41, 5.74) is 1.21. The Hall–Kier alpha value is -3.28. The molecule has 28 heavy (non-hydrogen) atoms. The number of imidazole rings is 1. The van der Waals surface area contributed by atoms with Crippen molar-refractivity contribution in [3.05, 3.63) is 78.4 Å². The first-order chi connectivity index (χ1) is 13.7. The minimum Gasteiger partial charge on any atom is -0.482 e. The van der Waals surface area contributed by atoms with E-state index in [1.807, 2.05) is 55.6 Å². The molecule has 0 bridgehead atoms. The molecule has 0 saturated heterocycles. The maximum Gasteiger partial charge on any atom is 0.265 e. The molecule has 0 spiro atoms. The van der Waals surface area contributed by atoms with Crippen molar-refractivity contribution in [2.75, 3.05) is 6.54 Å². The van der Waals surface area contributed by atoms with E-state index in [-0.39, 0.29) is 12.0 Å². The summed E-state index contributed by atoms with van der Waals surface area (Å²) in [5.74, 6) is 2.02. The molecule has 1 aromatic heterocycles. The molecule has 1 N–H and O–H groups in total. The van der Waals surface area contributed by atoms with E-state index in [1.165, 1.54) is 5.56 Å². The zero-order valence-electron chi connectivity index (χ0n) is 15.7. The molecule has 1 aliphatic rings. The van der Waals surface area contributed by atoms with Crippen LogP contribution < -0.4 is 14.8 Å². The zero-order valence-corrected chi connectivity index (χ0v) is 15.7. The van der Waals surface area contributed by atoms with Crippen LogP contribution in [0.2, 0.25) is 0 Å². The van der Waals surface area contributed by atoms with Crippen molar-refractivity contribution in [2.24, 2.45) is 0 Å². The van der Waals surface area contributed by atoms with Gasteiger partial charge in [0.05, 0.1) is 0 Å². The van der Waals surface area contributed by atoms with Gasteiger partial charge in [-0.1, -0.05) is 42.5 Å². The fraction of sp³-hybridized carbons (Fsp3) is 0.273. The number of fused-ring (bicyclic) bond motifs is 1. The van der Waals surface area contributed by atoms with Crippen molar-refractivity contribution in [3.8, 4) is 11.5 Å². The van der Waals surface area contributed by atoms with Gasteiger partial charge in [-0.2, -0.15) is 0 Å². The lowest BCUT2D eigenvalue weighted by atomic mass is 10.1. The number of nitrogens with zero attached hydrogens (tertiary/aromatic N) is 2. The molecule has 144 valence electrons. The Morgan fingerprint density at radius 3 is 2.57 bits per heavy atom. The number of carbonyl (C=O) groups excluding carboxylic acids is 1. The zero-order chi connectivity index (χ0) is 19.3. The van der Waals surface area contributed by atoms with Crippen molar-refractivity contribution in [1.29, 1.82) is 0 Å². The van der Waals surface area contributed by atoms with Crippen molar-refractivity contribution in [1.82, 2.24) is 14.9 Å². The van der Waals surface area contributed by atoms with Gasteiger partial charge >= 0.3 is 0 Å². The van der Waals surface area contributed by atoms with Crippen LogP contribution in [0.15, 0.2) is 67.0 Å². The van der Waals surface area contributed by atoms with E-state index in [0.29, 0.717) is 24.5 Å². The third kappa shape index (κ3) is 4.01. The average molecular weight is 377 g/mol. The van der Waals surface area contributed by atoms with Crippen LogP contribution in [-0.4, -0.2) is 34.2 Å². The maximum absolute atomic E-state index is 12.6. The third-order valence-corrected chi connectivity index (χ3v) is 4.75. The highest BCUT2D eigenvalue weighted by atomic mass is 16.6. The fourth-order valence-corrected chi connectivity index (χ4v) is 3.30. The van der Waals surface area contributed by atoms with Gasteiger partial charge in [-0.25, -0.2) is 4.98 Å². The van der Waals surface area contributed by atoms with E-state index >= 15 is 0 Å². The Morgan fingerprint density at radius 2 is 1.79 bits per heavy atom. The number of aromatic nitrogens is 2. The molecule has 3 aromatic rings. The lowest BCUT2D eigenvalue weighted by Crippen LogP contribution is -2.49. The number of nitrogens with one attached hydrogen (secondary N) is 1. The molecule has 2 aromatic carbocycles. The van der Waals surface area contributed by atoms with Crippen LogP contribution in [0.3, 0.4) is 0 Å². The summed E-state index contributed by atoms with van der Waals surface area (Å²) in [5, 5.41) is 2.95. The van der Waals surface area contributed by atoms with Crippen molar-refractivity contribution < 1.29 is 14.3 Å². The summed E-state index contributed by atoms with van der Waals surface area (Å²) in [6.07, 6.45) is 3.37. The number of rotatable bonds is 6. The first-order valence-corrected chi connectivity index (χ1v) is 9.45. The first-order valence-electron chi connectivity index (χ1n) is 9.45. The predicted octanol–water partition coefficient (Wildman–Crippen LogP) is 2.82. The highest BCUT2D eigenvalue weighted by Gasteiger charge is 2.33. The lowest BCUT2D eigenvalue weighted by molar-refractivity contribution is -0.133. The van der Waals surface area contributed by atoms with Crippen LogP contribution in [-0.2, 0) is 17.8 Å². The Morgan fingerprint density at radius 1 is 1.07 bits per heavy atom. The molecule has 2 heterocycles. The van der Waals surface area contributed by atoms with Crippen molar-refractivity contribution in [2.45, 2.75) is 32.1 Å². The van der Waals surface area contributed by atoms with E-state index < -0.39 is 6.10 Å². The standard InChI is InChI=1S/C22H23N3O3/c1-16-21(28-19-10-6-5-9-18(19)27-16)22(26)24-12-11-20-23-13-14-25(20)15-17-7-3-2-4-8-17/h2-10,13-14,16,21H,11-12,15H2,1H3,(H,24,26). The van der Waals surface area contributed by atoms with E-state index in [2.05, 4.69) is 27.0 Å². The molecule has 0 fully saturated rings. The van der Waals surface area contributed by atoms with Crippen molar-refractivity contribution >= 4 is 5.91 Å². The molecular formula is C22H23N3O3. The normalized spacial score (nSPS) is 17.9. The van der Waals surface area contributed by atoms with Gasteiger partial charge in [0.15, 0.2) is 11.5 Å². The van der Waals surface area contributed by atoms with Crippen LogP contribution in [0.1, 0.15) is 18.3 Å². The summed E-state index contributed by atoms with van der Waals surface area (Å²) >= 11 is 0. The van der Waals surface area contributed by atoms with Crippen LogP contribution >= 0.6 is 0 Å². The minimum absolute atomic E-state index is 0.178. The number of para-hydroxylation sites is 2. The number of hydrogen-bond acceptors (Lipinski definition) is 4. The smallest absolute Gasteiger partial charge is 0.265 e. The minimum atomic E-state index is -0.668. The van der Waals surface area contributed by atoms with Crippen LogP contribution in [0.4, 0.5) is 0 Å². The van der Waals surface area contributed by atoms with E-state index in [0.717, 1.165) is 12.4 Å². The highest BCUT2D eigenvalue weighted by Crippen LogP contribution is 2.33. The second kappa shape index (κ2) is 8.17. The topological polar surface area (TPSA) is 65.4 Å². The van der Waals surface area contributed by atoms with Crippen LogP contribution in [0.25, 0.3) is 0 Å². The monoisotopic (exact) mass is 377 g/mol. The number of benzene rings is 2. The fourth-order valence-electron chi connectivity index (χ4n) is 3.30. The summed E-state index contributed by atoms with van der Waals surface area (Å²) in [6, 6.07) is 17.6. The molecule has 0 aliphatic carbocycles. The molecule has 6 nitrogen and oxygen atoms in total. The van der Waals surface area contributed by atoms with Gasteiger partial charge in [0, 0.05) is 31.9 Å². The van der Waals surface area contributed by atoms with Gasteiger partial charge in [-0.3, -0.25) is 4.79 Å². The molecule has 1 aliphatic heterocycles. The van der Waals surface area contributed by atoms with Crippen LogP contribution in [0.5, 0.6) is 11.5 Å². The third-order valence-electron chi connectivity index (χ3n) is 4.75. The second-order valence-corrected chi connectivity index (χ2v) is 6.81. The number of carbonyl (C=O) groups is 1. The molecule has 1 amide bonds. The first kappa shape index (κ1) is 18.1. The molecular weight excluding hydrogens is 354 g/mol. The molecule has 2 unspecified atom stereocenters. The van der Waals surface area contributed by atoms with Gasteiger partial charge in [-0.05, 0) is 24.6 Å².